The highest BCUT2D eigenvalue weighted by Crippen LogP contribution is 2.38. The van der Waals surface area contributed by atoms with Gasteiger partial charge in [0.25, 0.3) is 0 Å². The van der Waals surface area contributed by atoms with Crippen LogP contribution in [-0.2, 0) is 6.42 Å². The molecule has 2 N–H and O–H groups in total. The van der Waals surface area contributed by atoms with Crippen LogP contribution in [0.25, 0.3) is 0 Å². The molecule has 1 aromatic rings. The van der Waals surface area contributed by atoms with Gasteiger partial charge in [0, 0.05) is 25.3 Å². The smallest absolute Gasteiger partial charge is 0.128 e. The molecule has 20 heavy (non-hydrogen) atoms. The lowest BCUT2D eigenvalue weighted by Gasteiger charge is -2.41. The van der Waals surface area contributed by atoms with Crippen LogP contribution in [0.15, 0.2) is 18.3 Å². The highest BCUT2D eigenvalue weighted by atomic mass is 15.2. The van der Waals surface area contributed by atoms with Crippen LogP contribution >= 0.6 is 0 Å². The van der Waals surface area contributed by atoms with Gasteiger partial charge in [-0.1, -0.05) is 32.8 Å². The highest BCUT2D eigenvalue weighted by Gasteiger charge is 2.31. The molecule has 1 fully saturated rings. The lowest BCUT2D eigenvalue weighted by molar-refractivity contribution is 0.199. The number of nitrogens with two attached hydrogens (primary N) is 1. The molecule has 1 atom stereocenters. The predicted molar refractivity (Wildman–Crippen MR) is 86.1 cm³/mol. The third-order valence-corrected chi connectivity index (χ3v) is 5.01. The number of anilines is 1. The molecule has 0 amide bonds. The van der Waals surface area contributed by atoms with Crippen molar-refractivity contribution in [1.82, 2.24) is 4.98 Å². The standard InChI is InChI=1S/C17H29N3/c1-4-17(5-2)8-10-20(11-9-17)16-7-6-15(13-19-16)12-14(3)18/h6-7,13-14H,4-5,8-12,18H2,1-3H3. The predicted octanol–water partition coefficient (Wildman–Crippen LogP) is 3.38. The zero-order valence-electron chi connectivity index (χ0n) is 13.2. The van der Waals surface area contributed by atoms with Crippen LogP contribution in [0.1, 0.15) is 52.0 Å². The minimum atomic E-state index is 0.201. The van der Waals surface area contributed by atoms with E-state index in [9.17, 15) is 0 Å². The van der Waals surface area contributed by atoms with E-state index < -0.39 is 0 Å². The minimum Gasteiger partial charge on any atom is -0.357 e. The SMILES string of the molecule is CCC1(CC)CCN(c2ccc(CC(C)N)cn2)CC1. The first-order valence-electron chi connectivity index (χ1n) is 8.04. The maximum atomic E-state index is 5.83. The number of piperidine rings is 1. The Kier molecular flexibility index (Phi) is 5.03. The second kappa shape index (κ2) is 6.57. The van der Waals surface area contributed by atoms with Crippen molar-refractivity contribution < 1.29 is 0 Å². The Labute approximate surface area is 123 Å². The van der Waals surface area contributed by atoms with E-state index in [1.807, 2.05) is 13.1 Å². The van der Waals surface area contributed by atoms with E-state index in [-0.39, 0.29) is 6.04 Å². The molecule has 3 nitrogen and oxygen atoms in total. The number of hydrogen-bond donors (Lipinski definition) is 1. The van der Waals surface area contributed by atoms with Gasteiger partial charge in [-0.25, -0.2) is 4.98 Å². The van der Waals surface area contributed by atoms with Crippen molar-refractivity contribution in [2.75, 3.05) is 18.0 Å². The monoisotopic (exact) mass is 275 g/mol. The number of aromatic nitrogens is 1. The van der Waals surface area contributed by atoms with Crippen molar-refractivity contribution in [2.24, 2.45) is 11.1 Å². The van der Waals surface area contributed by atoms with Gasteiger partial charge in [0.05, 0.1) is 0 Å². The van der Waals surface area contributed by atoms with Crippen molar-refractivity contribution in [3.63, 3.8) is 0 Å². The molecule has 0 aliphatic carbocycles. The summed E-state index contributed by atoms with van der Waals surface area (Å²) in [6, 6.07) is 4.53. The second-order valence-corrected chi connectivity index (χ2v) is 6.40. The van der Waals surface area contributed by atoms with Gasteiger partial charge in [0.1, 0.15) is 5.82 Å². The molecule has 112 valence electrons. The summed E-state index contributed by atoms with van der Waals surface area (Å²) < 4.78 is 0. The Morgan fingerprint density at radius 3 is 2.35 bits per heavy atom. The fraction of sp³-hybridized carbons (Fsp3) is 0.706. The van der Waals surface area contributed by atoms with Gasteiger partial charge in [-0.15, -0.1) is 0 Å². The van der Waals surface area contributed by atoms with Gasteiger partial charge in [0.15, 0.2) is 0 Å². The summed E-state index contributed by atoms with van der Waals surface area (Å²) in [7, 11) is 0. The molecular weight excluding hydrogens is 246 g/mol. The molecule has 0 saturated carbocycles. The van der Waals surface area contributed by atoms with Gasteiger partial charge in [-0.05, 0) is 43.2 Å². The van der Waals surface area contributed by atoms with Crippen LogP contribution in [0, 0.1) is 5.41 Å². The summed E-state index contributed by atoms with van der Waals surface area (Å²) in [5, 5.41) is 0. The maximum absolute atomic E-state index is 5.83. The molecule has 1 aromatic heterocycles. The fourth-order valence-electron chi connectivity index (χ4n) is 3.26. The summed E-state index contributed by atoms with van der Waals surface area (Å²) in [6.45, 7) is 8.98. The van der Waals surface area contributed by atoms with Crippen LogP contribution in [-0.4, -0.2) is 24.1 Å². The van der Waals surface area contributed by atoms with Crippen LogP contribution in [0.3, 0.4) is 0 Å². The molecule has 1 aliphatic heterocycles. The summed E-state index contributed by atoms with van der Waals surface area (Å²) >= 11 is 0. The molecule has 1 aliphatic rings. The van der Waals surface area contributed by atoms with Gasteiger partial charge in [-0.3, -0.25) is 0 Å². The third kappa shape index (κ3) is 3.51. The Balaban J connectivity index is 1.97. The van der Waals surface area contributed by atoms with E-state index in [2.05, 4.69) is 35.9 Å². The molecule has 2 heterocycles. The van der Waals surface area contributed by atoms with E-state index in [1.165, 1.54) is 31.2 Å². The van der Waals surface area contributed by atoms with E-state index in [4.69, 9.17) is 5.73 Å². The van der Waals surface area contributed by atoms with Crippen LogP contribution < -0.4 is 10.6 Å². The van der Waals surface area contributed by atoms with Gasteiger partial charge < -0.3 is 10.6 Å². The first-order chi connectivity index (χ1) is 9.58. The van der Waals surface area contributed by atoms with Crippen LogP contribution in [0.5, 0.6) is 0 Å². The average Bonchev–Trinajstić information content (AvgIpc) is 2.48. The summed E-state index contributed by atoms with van der Waals surface area (Å²) in [5.41, 5.74) is 7.64. The topological polar surface area (TPSA) is 42.1 Å². The van der Waals surface area contributed by atoms with Gasteiger partial charge in [-0.2, -0.15) is 0 Å². The molecular formula is C17H29N3. The molecule has 3 heteroatoms. The largest absolute Gasteiger partial charge is 0.357 e. The van der Waals surface area contributed by atoms with E-state index in [0.29, 0.717) is 5.41 Å². The molecule has 2 rings (SSSR count). The molecule has 0 bridgehead atoms. The number of rotatable bonds is 5. The van der Waals surface area contributed by atoms with Crippen molar-refractivity contribution in [3.05, 3.63) is 23.9 Å². The molecule has 1 saturated heterocycles. The molecule has 0 aromatic carbocycles. The fourth-order valence-corrected chi connectivity index (χ4v) is 3.26. The summed E-state index contributed by atoms with van der Waals surface area (Å²) in [5.74, 6) is 1.12. The lowest BCUT2D eigenvalue weighted by Crippen LogP contribution is -2.40. The Bertz CT molecular complexity index is 397. The normalized spacial score (nSPS) is 19.9. The first kappa shape index (κ1) is 15.3. The minimum absolute atomic E-state index is 0.201. The van der Waals surface area contributed by atoms with Gasteiger partial charge >= 0.3 is 0 Å². The van der Waals surface area contributed by atoms with Crippen molar-refractivity contribution >= 4 is 5.82 Å². The summed E-state index contributed by atoms with van der Waals surface area (Å²) in [4.78, 5) is 7.05. The second-order valence-electron chi connectivity index (χ2n) is 6.40. The Hall–Kier alpha value is -1.09. The zero-order chi connectivity index (χ0) is 14.6. The lowest BCUT2D eigenvalue weighted by atomic mass is 9.74. The number of hydrogen-bond acceptors (Lipinski definition) is 3. The average molecular weight is 275 g/mol. The van der Waals surface area contributed by atoms with Crippen molar-refractivity contribution in [3.8, 4) is 0 Å². The number of nitrogens with zero attached hydrogens (tertiary/aromatic N) is 2. The van der Waals surface area contributed by atoms with E-state index in [0.717, 1.165) is 25.3 Å². The molecule has 1 unspecified atom stereocenters. The first-order valence-corrected chi connectivity index (χ1v) is 8.04. The Morgan fingerprint density at radius 2 is 1.90 bits per heavy atom. The summed E-state index contributed by atoms with van der Waals surface area (Å²) in [6.07, 6.45) is 8.09. The van der Waals surface area contributed by atoms with E-state index >= 15 is 0 Å². The maximum Gasteiger partial charge on any atom is 0.128 e. The molecule has 0 spiro atoms. The van der Waals surface area contributed by atoms with Crippen molar-refractivity contribution in [1.29, 1.82) is 0 Å². The van der Waals surface area contributed by atoms with E-state index in [1.54, 1.807) is 0 Å². The number of pyridine rings is 1. The molecule has 0 radical (unpaired) electrons. The quantitative estimate of drug-likeness (QED) is 0.895. The van der Waals surface area contributed by atoms with Crippen molar-refractivity contribution in [2.45, 2.75) is 58.9 Å². The zero-order valence-corrected chi connectivity index (χ0v) is 13.2. The van der Waals surface area contributed by atoms with Crippen LogP contribution in [0.2, 0.25) is 0 Å². The van der Waals surface area contributed by atoms with Crippen LogP contribution in [0.4, 0.5) is 5.82 Å². The van der Waals surface area contributed by atoms with Gasteiger partial charge in [0.2, 0.25) is 0 Å². The Morgan fingerprint density at radius 1 is 1.25 bits per heavy atom. The third-order valence-electron chi connectivity index (χ3n) is 5.01. The highest BCUT2D eigenvalue weighted by molar-refractivity contribution is 5.40.